The first kappa shape index (κ1) is 20.3. The number of carbonyl (C=O) groups excluding carboxylic acids is 2. The van der Waals surface area contributed by atoms with Crippen LogP contribution in [-0.2, 0) is 9.53 Å². The molecular formula is C17H25ClN2O4. The molecule has 1 heterocycles. The van der Waals surface area contributed by atoms with E-state index in [-0.39, 0.29) is 30.3 Å². The maximum atomic E-state index is 12.4. The standard InChI is InChI=1S/C17H24N2O4.ClH/c1-10(2)23-15-6-5-12(17(21)22-4)7-14(15)19-16(20)11(3)13-8-18-9-13;/h5-7,10-11,13,18H,8-9H2,1-4H3,(H,19,20);1H. The fraction of sp³-hybridized carbons (Fsp3) is 0.529. The Morgan fingerprint density at radius 3 is 2.42 bits per heavy atom. The monoisotopic (exact) mass is 356 g/mol. The van der Waals surface area contributed by atoms with Crippen molar-refractivity contribution in [3.05, 3.63) is 23.8 Å². The normalized spacial score (nSPS) is 15.0. The van der Waals surface area contributed by atoms with E-state index in [1.165, 1.54) is 7.11 Å². The van der Waals surface area contributed by atoms with Gasteiger partial charge in [-0.2, -0.15) is 0 Å². The van der Waals surface area contributed by atoms with Gasteiger partial charge in [0.25, 0.3) is 0 Å². The lowest BCUT2D eigenvalue weighted by molar-refractivity contribution is -0.121. The minimum atomic E-state index is -0.451. The summed E-state index contributed by atoms with van der Waals surface area (Å²) in [6, 6.07) is 4.89. The van der Waals surface area contributed by atoms with Gasteiger partial charge >= 0.3 is 5.97 Å². The number of hydrogen-bond donors (Lipinski definition) is 2. The highest BCUT2D eigenvalue weighted by Crippen LogP contribution is 2.28. The predicted molar refractivity (Wildman–Crippen MR) is 94.9 cm³/mol. The van der Waals surface area contributed by atoms with E-state index in [0.29, 0.717) is 22.9 Å². The third kappa shape index (κ3) is 4.85. The zero-order valence-electron chi connectivity index (χ0n) is 14.4. The van der Waals surface area contributed by atoms with Gasteiger partial charge in [0.1, 0.15) is 5.75 Å². The largest absolute Gasteiger partial charge is 0.489 e. The number of amides is 1. The van der Waals surface area contributed by atoms with Gasteiger partial charge in [-0.1, -0.05) is 6.92 Å². The Hall–Kier alpha value is -1.79. The van der Waals surface area contributed by atoms with E-state index in [0.717, 1.165) is 13.1 Å². The molecule has 2 rings (SSSR count). The molecule has 1 aromatic carbocycles. The molecule has 1 atom stereocenters. The van der Waals surface area contributed by atoms with E-state index in [2.05, 4.69) is 10.6 Å². The number of methoxy groups -OCH3 is 1. The van der Waals surface area contributed by atoms with Crippen molar-refractivity contribution in [3.63, 3.8) is 0 Å². The molecule has 0 radical (unpaired) electrons. The van der Waals surface area contributed by atoms with Crippen LogP contribution in [0.4, 0.5) is 5.69 Å². The van der Waals surface area contributed by atoms with Crippen LogP contribution in [0, 0.1) is 11.8 Å². The molecule has 0 spiro atoms. The molecule has 1 unspecified atom stereocenters. The molecule has 1 aliphatic heterocycles. The van der Waals surface area contributed by atoms with E-state index in [1.54, 1.807) is 18.2 Å². The number of anilines is 1. The molecule has 0 aliphatic carbocycles. The highest BCUT2D eigenvalue weighted by molar-refractivity contribution is 5.97. The van der Waals surface area contributed by atoms with Crippen LogP contribution in [0.2, 0.25) is 0 Å². The Balaban J connectivity index is 0.00000288. The summed E-state index contributed by atoms with van der Waals surface area (Å²) in [5.74, 6) is 0.248. The molecule has 24 heavy (non-hydrogen) atoms. The van der Waals surface area contributed by atoms with Gasteiger partial charge < -0.3 is 20.1 Å². The van der Waals surface area contributed by atoms with Crippen molar-refractivity contribution in [2.45, 2.75) is 26.9 Å². The average molecular weight is 357 g/mol. The Morgan fingerprint density at radius 2 is 1.92 bits per heavy atom. The molecule has 0 saturated carbocycles. The van der Waals surface area contributed by atoms with E-state index in [1.807, 2.05) is 20.8 Å². The minimum Gasteiger partial charge on any atom is -0.489 e. The van der Waals surface area contributed by atoms with Crippen LogP contribution in [0.1, 0.15) is 31.1 Å². The molecule has 1 aromatic rings. The number of rotatable bonds is 6. The number of halogens is 1. The van der Waals surface area contributed by atoms with Crippen LogP contribution >= 0.6 is 12.4 Å². The van der Waals surface area contributed by atoms with Gasteiger partial charge in [-0.15, -0.1) is 12.4 Å². The Morgan fingerprint density at radius 1 is 1.25 bits per heavy atom. The lowest BCUT2D eigenvalue weighted by Crippen LogP contribution is -2.48. The summed E-state index contributed by atoms with van der Waals surface area (Å²) in [6.45, 7) is 7.43. The van der Waals surface area contributed by atoms with Crippen LogP contribution in [0.5, 0.6) is 5.75 Å². The highest BCUT2D eigenvalue weighted by atomic mass is 35.5. The van der Waals surface area contributed by atoms with Crippen molar-refractivity contribution in [2.75, 3.05) is 25.5 Å². The molecule has 2 N–H and O–H groups in total. The second-order valence-electron chi connectivity index (χ2n) is 6.07. The van der Waals surface area contributed by atoms with Crippen molar-refractivity contribution >= 4 is 30.0 Å². The van der Waals surface area contributed by atoms with E-state index >= 15 is 0 Å². The zero-order chi connectivity index (χ0) is 17.0. The van der Waals surface area contributed by atoms with Crippen molar-refractivity contribution in [3.8, 4) is 5.75 Å². The Bertz CT molecular complexity index is 588. The third-order valence-electron chi connectivity index (χ3n) is 3.95. The van der Waals surface area contributed by atoms with Gasteiger partial charge in [0.05, 0.1) is 24.5 Å². The van der Waals surface area contributed by atoms with E-state index < -0.39 is 5.97 Å². The molecular weight excluding hydrogens is 332 g/mol. The number of hydrogen-bond acceptors (Lipinski definition) is 5. The summed E-state index contributed by atoms with van der Waals surface area (Å²) in [5, 5.41) is 6.05. The van der Waals surface area contributed by atoms with Gasteiger partial charge in [0.15, 0.2) is 0 Å². The molecule has 6 nitrogen and oxygen atoms in total. The quantitative estimate of drug-likeness (QED) is 0.766. The average Bonchev–Trinajstić information content (AvgIpc) is 2.45. The lowest BCUT2D eigenvalue weighted by atomic mass is 9.88. The second kappa shape index (κ2) is 8.89. The number of esters is 1. The molecule has 1 fully saturated rings. The molecule has 0 bridgehead atoms. The SMILES string of the molecule is COC(=O)c1ccc(OC(C)C)c(NC(=O)C(C)C2CNC2)c1.Cl. The molecule has 1 aliphatic rings. The summed E-state index contributed by atoms with van der Waals surface area (Å²) >= 11 is 0. The van der Waals surface area contributed by atoms with E-state index in [9.17, 15) is 9.59 Å². The third-order valence-corrected chi connectivity index (χ3v) is 3.95. The van der Waals surface area contributed by atoms with Crippen molar-refractivity contribution in [2.24, 2.45) is 11.8 Å². The summed E-state index contributed by atoms with van der Waals surface area (Å²) < 4.78 is 10.4. The molecule has 0 aromatic heterocycles. The maximum Gasteiger partial charge on any atom is 0.337 e. The topological polar surface area (TPSA) is 76.7 Å². The highest BCUT2D eigenvalue weighted by Gasteiger charge is 2.29. The number of carbonyl (C=O) groups is 2. The zero-order valence-corrected chi connectivity index (χ0v) is 15.2. The second-order valence-corrected chi connectivity index (χ2v) is 6.07. The summed E-state index contributed by atoms with van der Waals surface area (Å²) in [5.41, 5.74) is 0.864. The Labute approximate surface area is 148 Å². The number of nitrogens with one attached hydrogen (secondary N) is 2. The van der Waals surface area contributed by atoms with Gasteiger partial charge in [-0.05, 0) is 51.1 Å². The minimum absolute atomic E-state index is 0. The van der Waals surface area contributed by atoms with Crippen molar-refractivity contribution in [1.29, 1.82) is 0 Å². The fourth-order valence-corrected chi connectivity index (χ4v) is 2.35. The van der Waals surface area contributed by atoms with Gasteiger partial charge in [-0.25, -0.2) is 4.79 Å². The van der Waals surface area contributed by atoms with Crippen LogP contribution in [-0.4, -0.2) is 38.2 Å². The van der Waals surface area contributed by atoms with Gasteiger partial charge in [-0.3, -0.25) is 4.79 Å². The van der Waals surface area contributed by atoms with Crippen LogP contribution < -0.4 is 15.4 Å². The van der Waals surface area contributed by atoms with Gasteiger partial charge in [0, 0.05) is 5.92 Å². The first-order valence-electron chi connectivity index (χ1n) is 7.83. The van der Waals surface area contributed by atoms with Crippen LogP contribution in [0.15, 0.2) is 18.2 Å². The van der Waals surface area contributed by atoms with Crippen LogP contribution in [0.25, 0.3) is 0 Å². The van der Waals surface area contributed by atoms with Crippen LogP contribution in [0.3, 0.4) is 0 Å². The van der Waals surface area contributed by atoms with E-state index in [4.69, 9.17) is 9.47 Å². The molecule has 134 valence electrons. The Kier molecular flexibility index (Phi) is 7.51. The van der Waals surface area contributed by atoms with Crippen molar-refractivity contribution in [1.82, 2.24) is 5.32 Å². The first-order valence-corrected chi connectivity index (χ1v) is 7.83. The molecule has 1 amide bonds. The van der Waals surface area contributed by atoms with Gasteiger partial charge in [0.2, 0.25) is 5.91 Å². The first-order chi connectivity index (χ1) is 10.9. The van der Waals surface area contributed by atoms with Crippen molar-refractivity contribution < 1.29 is 19.1 Å². The lowest BCUT2D eigenvalue weighted by Gasteiger charge is -2.31. The summed E-state index contributed by atoms with van der Waals surface area (Å²) in [6.07, 6.45) is -0.0390. The molecule has 7 heteroatoms. The predicted octanol–water partition coefficient (Wildman–Crippen LogP) is 2.48. The maximum absolute atomic E-state index is 12.4. The summed E-state index contributed by atoms with van der Waals surface area (Å²) in [4.78, 5) is 24.1. The summed E-state index contributed by atoms with van der Waals surface area (Å²) in [7, 11) is 1.32. The smallest absolute Gasteiger partial charge is 0.337 e. The number of ether oxygens (including phenoxy) is 2. The number of benzene rings is 1. The fourth-order valence-electron chi connectivity index (χ4n) is 2.35. The molecule has 1 saturated heterocycles.